The van der Waals surface area contributed by atoms with E-state index in [1.54, 1.807) is 31.6 Å². The number of aryl methyl sites for hydroxylation is 1. The number of pyridine rings is 1. The van der Waals surface area contributed by atoms with E-state index in [4.69, 9.17) is 9.47 Å². The summed E-state index contributed by atoms with van der Waals surface area (Å²) in [6, 6.07) is 14.3. The van der Waals surface area contributed by atoms with Gasteiger partial charge in [0.05, 0.1) is 10.9 Å². The van der Waals surface area contributed by atoms with E-state index in [0.717, 1.165) is 47.1 Å². The molecule has 0 saturated heterocycles. The molecule has 1 unspecified atom stereocenters. The lowest BCUT2D eigenvalue weighted by atomic mass is 9.98. The third-order valence-corrected chi connectivity index (χ3v) is 8.51. The first-order valence-electron chi connectivity index (χ1n) is 12.9. The van der Waals surface area contributed by atoms with Gasteiger partial charge in [0.2, 0.25) is 10.0 Å². The van der Waals surface area contributed by atoms with Gasteiger partial charge in [-0.25, -0.2) is 13.2 Å². The van der Waals surface area contributed by atoms with Crippen molar-refractivity contribution in [1.29, 1.82) is 0 Å². The topological polar surface area (TPSA) is 85.8 Å². The molecule has 0 amide bonds. The fourth-order valence-corrected chi connectivity index (χ4v) is 6.21. The smallest absolute Gasteiger partial charge is 0.344 e. The Labute approximate surface area is 225 Å². The number of aromatic nitrogens is 1. The van der Waals surface area contributed by atoms with E-state index in [0.29, 0.717) is 12.2 Å². The fraction of sp³-hybridized carbons (Fsp3) is 0.400. The normalized spacial score (nSPS) is 16.0. The minimum absolute atomic E-state index is 0.199. The van der Waals surface area contributed by atoms with Crippen LogP contribution in [0.2, 0.25) is 0 Å². The van der Waals surface area contributed by atoms with Crippen LogP contribution in [0, 0.1) is 6.92 Å². The van der Waals surface area contributed by atoms with Gasteiger partial charge in [-0.15, -0.1) is 0 Å². The number of sulfonamides is 1. The standard InChI is InChI=1S/C30H36N2O5S/c1-21-17-23(19-31-18-21)22-13-15-24(16-14-22)38(34,35)32(5)27-11-7-6-9-26-25(27)10-8-12-28(26)36-20-29(33)37-30(2,3)4/h8,10,12-19,27H,6-7,9,11,20H2,1-5H3. The summed E-state index contributed by atoms with van der Waals surface area (Å²) in [7, 11) is -2.12. The minimum atomic E-state index is -3.76. The van der Waals surface area contributed by atoms with Crippen LogP contribution in [0.4, 0.5) is 0 Å². The van der Waals surface area contributed by atoms with Crippen LogP contribution in [0.15, 0.2) is 65.8 Å². The Morgan fingerprint density at radius 2 is 1.79 bits per heavy atom. The van der Waals surface area contributed by atoms with Gasteiger partial charge in [-0.1, -0.05) is 30.7 Å². The van der Waals surface area contributed by atoms with Crippen molar-refractivity contribution in [2.45, 2.75) is 69.9 Å². The number of hydrogen-bond donors (Lipinski definition) is 0. The van der Waals surface area contributed by atoms with Crippen LogP contribution in [0.25, 0.3) is 11.1 Å². The van der Waals surface area contributed by atoms with Crippen LogP contribution in [-0.4, -0.2) is 42.9 Å². The molecule has 0 aliphatic heterocycles. The maximum atomic E-state index is 13.7. The number of esters is 1. The first-order valence-corrected chi connectivity index (χ1v) is 14.4. The Kier molecular flexibility index (Phi) is 8.23. The highest BCUT2D eigenvalue weighted by atomic mass is 32.2. The lowest BCUT2D eigenvalue weighted by Crippen LogP contribution is -2.31. The van der Waals surface area contributed by atoms with Crippen molar-refractivity contribution in [1.82, 2.24) is 9.29 Å². The molecule has 3 aromatic rings. The fourth-order valence-electron chi connectivity index (χ4n) is 4.84. The van der Waals surface area contributed by atoms with E-state index < -0.39 is 21.6 Å². The predicted molar refractivity (Wildman–Crippen MR) is 147 cm³/mol. The summed E-state index contributed by atoms with van der Waals surface area (Å²) in [4.78, 5) is 16.7. The number of fused-ring (bicyclic) bond motifs is 1. The summed E-state index contributed by atoms with van der Waals surface area (Å²) in [5.41, 5.74) is 4.17. The summed E-state index contributed by atoms with van der Waals surface area (Å²) in [6.07, 6.45) is 6.80. The number of benzene rings is 2. The van der Waals surface area contributed by atoms with Crippen molar-refractivity contribution >= 4 is 16.0 Å². The van der Waals surface area contributed by atoms with E-state index in [9.17, 15) is 13.2 Å². The van der Waals surface area contributed by atoms with Crippen LogP contribution in [0.5, 0.6) is 5.75 Å². The molecule has 1 aromatic heterocycles. The van der Waals surface area contributed by atoms with Crippen molar-refractivity contribution in [3.05, 3.63) is 77.6 Å². The second-order valence-corrected chi connectivity index (χ2v) is 12.8. The summed E-state index contributed by atoms with van der Waals surface area (Å²) in [6.45, 7) is 7.22. The van der Waals surface area contributed by atoms with Crippen molar-refractivity contribution < 1.29 is 22.7 Å². The zero-order valence-electron chi connectivity index (χ0n) is 22.7. The summed E-state index contributed by atoms with van der Waals surface area (Å²) in [5.74, 6) is 0.159. The molecule has 2 aromatic carbocycles. The van der Waals surface area contributed by atoms with Crippen LogP contribution in [-0.2, 0) is 26.0 Å². The Morgan fingerprint density at radius 3 is 2.47 bits per heavy atom. The first kappa shape index (κ1) is 27.8. The van der Waals surface area contributed by atoms with Gasteiger partial charge in [-0.2, -0.15) is 4.31 Å². The monoisotopic (exact) mass is 536 g/mol. The molecule has 0 radical (unpaired) electrons. The maximum absolute atomic E-state index is 13.7. The highest BCUT2D eigenvalue weighted by Crippen LogP contribution is 2.39. The van der Waals surface area contributed by atoms with Crippen molar-refractivity contribution in [3.63, 3.8) is 0 Å². The number of carbonyl (C=O) groups excluding carboxylic acids is 1. The molecular formula is C30H36N2O5S. The molecule has 1 atom stereocenters. The van der Waals surface area contributed by atoms with Gasteiger partial charge >= 0.3 is 5.97 Å². The predicted octanol–water partition coefficient (Wildman–Crippen LogP) is 5.87. The molecule has 7 nitrogen and oxygen atoms in total. The second-order valence-electron chi connectivity index (χ2n) is 10.8. The zero-order valence-corrected chi connectivity index (χ0v) is 23.5. The Balaban J connectivity index is 1.58. The van der Waals surface area contributed by atoms with Crippen LogP contribution in [0.3, 0.4) is 0 Å². The van der Waals surface area contributed by atoms with Crippen molar-refractivity contribution in [3.8, 4) is 16.9 Å². The number of nitrogens with zero attached hydrogens (tertiary/aromatic N) is 2. The third-order valence-electron chi connectivity index (χ3n) is 6.63. The molecule has 1 aliphatic carbocycles. The second kappa shape index (κ2) is 11.3. The molecule has 4 rings (SSSR count). The van der Waals surface area contributed by atoms with Crippen LogP contribution < -0.4 is 4.74 Å². The molecule has 8 heteroatoms. The lowest BCUT2D eigenvalue weighted by molar-refractivity contribution is -0.157. The minimum Gasteiger partial charge on any atom is -0.482 e. The first-order chi connectivity index (χ1) is 18.0. The Bertz CT molecular complexity index is 1390. The van der Waals surface area contributed by atoms with Gasteiger partial charge in [-0.05, 0) is 93.5 Å². The largest absolute Gasteiger partial charge is 0.482 e. The quantitative estimate of drug-likeness (QED) is 0.278. The van der Waals surface area contributed by atoms with E-state index in [-0.39, 0.29) is 17.5 Å². The number of ether oxygens (including phenoxy) is 2. The molecule has 0 fully saturated rings. The number of rotatable bonds is 7. The lowest BCUT2D eigenvalue weighted by Gasteiger charge is -2.29. The van der Waals surface area contributed by atoms with E-state index in [1.165, 1.54) is 4.31 Å². The Hall–Kier alpha value is -3.23. The number of carbonyl (C=O) groups is 1. The molecule has 38 heavy (non-hydrogen) atoms. The molecule has 0 bridgehead atoms. The van der Waals surface area contributed by atoms with E-state index >= 15 is 0 Å². The Morgan fingerprint density at radius 1 is 1.05 bits per heavy atom. The maximum Gasteiger partial charge on any atom is 0.344 e. The highest BCUT2D eigenvalue weighted by molar-refractivity contribution is 7.89. The van der Waals surface area contributed by atoms with Crippen molar-refractivity contribution in [2.75, 3.05) is 13.7 Å². The third kappa shape index (κ3) is 6.42. The highest BCUT2D eigenvalue weighted by Gasteiger charge is 2.32. The molecule has 1 heterocycles. The zero-order chi connectivity index (χ0) is 27.5. The van der Waals surface area contributed by atoms with Gasteiger partial charge in [0.1, 0.15) is 11.4 Å². The SMILES string of the molecule is Cc1cncc(-c2ccc(S(=O)(=O)N(C)C3CCCCc4c(OCC(=O)OC(C)(C)C)cccc43)cc2)c1. The van der Waals surface area contributed by atoms with E-state index in [2.05, 4.69) is 4.98 Å². The summed E-state index contributed by atoms with van der Waals surface area (Å²) < 4.78 is 40.1. The van der Waals surface area contributed by atoms with E-state index in [1.807, 2.05) is 64.1 Å². The average molecular weight is 537 g/mol. The van der Waals surface area contributed by atoms with Crippen LogP contribution in [0.1, 0.15) is 62.8 Å². The molecule has 1 aliphatic rings. The van der Waals surface area contributed by atoms with Crippen molar-refractivity contribution in [2.24, 2.45) is 0 Å². The molecular weight excluding hydrogens is 500 g/mol. The van der Waals surface area contributed by atoms with Gasteiger partial charge < -0.3 is 9.47 Å². The number of hydrogen-bond acceptors (Lipinski definition) is 6. The van der Waals surface area contributed by atoms with Crippen LogP contribution >= 0.6 is 0 Å². The molecule has 0 spiro atoms. The molecule has 202 valence electrons. The molecule has 0 N–H and O–H groups in total. The van der Waals surface area contributed by atoms with Gasteiger partial charge in [0.15, 0.2) is 6.61 Å². The van der Waals surface area contributed by atoms with Gasteiger partial charge in [0, 0.05) is 25.0 Å². The van der Waals surface area contributed by atoms with Gasteiger partial charge in [-0.3, -0.25) is 4.98 Å². The summed E-state index contributed by atoms with van der Waals surface area (Å²) >= 11 is 0. The average Bonchev–Trinajstić information content (AvgIpc) is 3.09. The molecule has 0 saturated carbocycles. The van der Waals surface area contributed by atoms with Gasteiger partial charge in [0.25, 0.3) is 0 Å². The summed E-state index contributed by atoms with van der Waals surface area (Å²) in [5, 5.41) is 0.